The van der Waals surface area contributed by atoms with Crippen LogP contribution >= 0.6 is 0 Å². The fraction of sp³-hybridized carbons (Fsp3) is 0.261. The fourth-order valence-electron chi connectivity index (χ4n) is 4.63. The molecule has 160 valence electrons. The van der Waals surface area contributed by atoms with Crippen LogP contribution in [0.25, 0.3) is 10.9 Å². The standard InChI is InChI=1S/C23H20FN3O4.Na.H/c24-15-7-5-14(6-8-15)12-26-18-4-2-1-3-16(18)17-11-19-22(30)25(10-9-21(28)29)23(31)27(19)13-20(17)26;;/h1-8,19H,9-13H2,(H,28,29);;/t19-;;/m0../s1. The summed E-state index contributed by atoms with van der Waals surface area (Å²) in [7, 11) is 0. The number of aliphatic carboxylic acids is 1. The summed E-state index contributed by atoms with van der Waals surface area (Å²) in [6.07, 6.45) is 0.116. The van der Waals surface area contributed by atoms with Gasteiger partial charge < -0.3 is 14.6 Å². The summed E-state index contributed by atoms with van der Waals surface area (Å²) >= 11 is 0. The van der Waals surface area contributed by atoms with Crippen molar-refractivity contribution in [3.63, 3.8) is 0 Å². The van der Waals surface area contributed by atoms with Crippen LogP contribution in [0.1, 0.15) is 23.2 Å². The van der Waals surface area contributed by atoms with Crippen molar-refractivity contribution in [1.29, 1.82) is 0 Å². The quantitative estimate of drug-likeness (QED) is 0.483. The van der Waals surface area contributed by atoms with E-state index in [-0.39, 0.29) is 60.8 Å². The van der Waals surface area contributed by atoms with Crippen molar-refractivity contribution in [2.24, 2.45) is 0 Å². The average Bonchev–Trinajstić information content (AvgIpc) is 3.19. The number of hydrogen-bond acceptors (Lipinski definition) is 3. The number of para-hydroxylation sites is 1. The maximum absolute atomic E-state index is 13.3. The zero-order valence-corrected chi connectivity index (χ0v) is 16.6. The van der Waals surface area contributed by atoms with Crippen molar-refractivity contribution in [2.75, 3.05) is 6.54 Å². The molecule has 0 radical (unpaired) electrons. The molecule has 1 saturated heterocycles. The predicted octanol–water partition coefficient (Wildman–Crippen LogP) is 2.34. The number of hydrogen-bond donors (Lipinski definition) is 1. The summed E-state index contributed by atoms with van der Waals surface area (Å²) < 4.78 is 15.5. The summed E-state index contributed by atoms with van der Waals surface area (Å²) in [4.78, 5) is 39.3. The summed E-state index contributed by atoms with van der Waals surface area (Å²) in [5, 5.41) is 9.97. The number of carboxylic acids is 1. The maximum atomic E-state index is 13.3. The van der Waals surface area contributed by atoms with Crippen LogP contribution in [0.3, 0.4) is 0 Å². The minimum atomic E-state index is -1.05. The van der Waals surface area contributed by atoms with Crippen molar-refractivity contribution in [1.82, 2.24) is 14.4 Å². The molecule has 2 aromatic carbocycles. The molecule has 3 aromatic rings. The van der Waals surface area contributed by atoms with Gasteiger partial charge in [-0.2, -0.15) is 0 Å². The molecule has 3 amide bonds. The van der Waals surface area contributed by atoms with E-state index in [1.807, 2.05) is 24.3 Å². The Balaban J connectivity index is 0.00000245. The van der Waals surface area contributed by atoms with Crippen LogP contribution in [0.2, 0.25) is 0 Å². The van der Waals surface area contributed by atoms with Crippen LogP contribution in [0.5, 0.6) is 0 Å². The summed E-state index contributed by atoms with van der Waals surface area (Å²) in [6.45, 7) is 0.657. The second-order valence-electron chi connectivity index (χ2n) is 7.92. The molecular formula is C23H21FN3NaO4. The van der Waals surface area contributed by atoms with Crippen molar-refractivity contribution < 1.29 is 23.9 Å². The van der Waals surface area contributed by atoms with Crippen LogP contribution in [-0.4, -0.2) is 79.5 Å². The molecular weight excluding hydrogens is 424 g/mol. The number of urea groups is 1. The van der Waals surface area contributed by atoms with Crippen LogP contribution in [-0.2, 0) is 29.1 Å². The molecule has 1 fully saturated rings. The van der Waals surface area contributed by atoms with Crippen molar-refractivity contribution in [2.45, 2.75) is 32.0 Å². The van der Waals surface area contributed by atoms with E-state index < -0.39 is 18.0 Å². The van der Waals surface area contributed by atoms with E-state index >= 15 is 0 Å². The van der Waals surface area contributed by atoms with Crippen LogP contribution < -0.4 is 0 Å². The first-order valence-electron chi connectivity index (χ1n) is 10.1. The molecule has 0 aliphatic carbocycles. The molecule has 2 aliphatic heterocycles. The number of fused-ring (bicyclic) bond motifs is 4. The van der Waals surface area contributed by atoms with Gasteiger partial charge in [0.05, 0.1) is 13.0 Å². The number of imide groups is 1. The SMILES string of the molecule is O=C(O)CCN1C(=O)[C@@H]2Cc3c(n(Cc4ccc(F)cc4)c4ccccc34)CN2C1=O.[NaH]. The Labute approximate surface area is 205 Å². The average molecular weight is 445 g/mol. The van der Waals surface area contributed by atoms with Gasteiger partial charge >= 0.3 is 41.6 Å². The molecule has 32 heavy (non-hydrogen) atoms. The van der Waals surface area contributed by atoms with Crippen molar-refractivity contribution >= 4 is 58.4 Å². The van der Waals surface area contributed by atoms with Gasteiger partial charge in [0.2, 0.25) is 0 Å². The predicted molar refractivity (Wildman–Crippen MR) is 117 cm³/mol. The Bertz CT molecular complexity index is 1220. The van der Waals surface area contributed by atoms with Crippen LogP contribution in [0.4, 0.5) is 9.18 Å². The summed E-state index contributed by atoms with van der Waals surface area (Å²) in [5.41, 5.74) is 3.91. The third kappa shape index (κ3) is 3.72. The first kappa shape index (κ1) is 22.5. The van der Waals surface area contributed by atoms with Crippen LogP contribution in [0.15, 0.2) is 48.5 Å². The number of carboxylic acid groups (broad SMARTS) is 1. The first-order valence-corrected chi connectivity index (χ1v) is 10.1. The molecule has 0 spiro atoms. The monoisotopic (exact) mass is 445 g/mol. The number of aromatic nitrogens is 1. The number of benzene rings is 2. The van der Waals surface area contributed by atoms with Crippen molar-refractivity contribution in [3.05, 3.63) is 71.2 Å². The Kier molecular flexibility index (Phi) is 6.11. The van der Waals surface area contributed by atoms with Gasteiger partial charge in [-0.25, -0.2) is 9.18 Å². The van der Waals surface area contributed by atoms with E-state index in [2.05, 4.69) is 4.57 Å². The van der Waals surface area contributed by atoms with Gasteiger partial charge in [-0.15, -0.1) is 0 Å². The molecule has 7 nitrogen and oxygen atoms in total. The molecule has 1 atom stereocenters. The van der Waals surface area contributed by atoms with Gasteiger partial charge in [0.15, 0.2) is 0 Å². The second kappa shape index (κ2) is 8.69. The van der Waals surface area contributed by atoms with E-state index in [0.29, 0.717) is 13.0 Å². The molecule has 3 heterocycles. The molecule has 0 bridgehead atoms. The summed E-state index contributed by atoms with van der Waals surface area (Å²) in [6, 6.07) is 13.2. The van der Waals surface area contributed by atoms with Gasteiger partial charge in [-0.1, -0.05) is 30.3 Å². The number of amides is 3. The van der Waals surface area contributed by atoms with E-state index in [4.69, 9.17) is 5.11 Å². The normalized spacial score (nSPS) is 17.3. The molecule has 1 aromatic heterocycles. The van der Waals surface area contributed by atoms with Gasteiger partial charge in [0.1, 0.15) is 11.9 Å². The number of rotatable bonds is 5. The van der Waals surface area contributed by atoms with E-state index in [0.717, 1.165) is 32.6 Å². The van der Waals surface area contributed by atoms with E-state index in [1.54, 1.807) is 12.1 Å². The number of carbonyl (C=O) groups excluding carboxylic acids is 2. The second-order valence-corrected chi connectivity index (χ2v) is 7.92. The number of halogens is 1. The summed E-state index contributed by atoms with van der Waals surface area (Å²) in [5.74, 6) is -1.69. The van der Waals surface area contributed by atoms with Crippen LogP contribution in [0, 0.1) is 5.82 Å². The van der Waals surface area contributed by atoms with Gasteiger partial charge in [-0.05, 0) is 29.3 Å². The van der Waals surface area contributed by atoms with Gasteiger partial charge in [0.25, 0.3) is 5.91 Å². The topological polar surface area (TPSA) is 82.8 Å². The molecule has 5 rings (SSSR count). The third-order valence-corrected chi connectivity index (χ3v) is 6.12. The molecule has 0 unspecified atom stereocenters. The molecule has 0 saturated carbocycles. The van der Waals surface area contributed by atoms with E-state index in [1.165, 1.54) is 17.0 Å². The Morgan fingerprint density at radius 1 is 1.09 bits per heavy atom. The Morgan fingerprint density at radius 2 is 1.81 bits per heavy atom. The number of nitrogens with zero attached hydrogens (tertiary/aromatic N) is 3. The first-order chi connectivity index (χ1) is 14.9. The zero-order chi connectivity index (χ0) is 21.7. The van der Waals surface area contributed by atoms with Gasteiger partial charge in [0, 0.05) is 36.1 Å². The number of carbonyl (C=O) groups is 3. The fourth-order valence-corrected chi connectivity index (χ4v) is 4.63. The van der Waals surface area contributed by atoms with E-state index in [9.17, 15) is 18.8 Å². The van der Waals surface area contributed by atoms with Crippen molar-refractivity contribution in [3.8, 4) is 0 Å². The molecule has 1 N–H and O–H groups in total. The van der Waals surface area contributed by atoms with Gasteiger partial charge in [-0.3, -0.25) is 14.5 Å². The molecule has 2 aliphatic rings. The Hall–Kier alpha value is -2.68. The minimum absolute atomic E-state index is 0. The Morgan fingerprint density at radius 3 is 2.53 bits per heavy atom. The molecule has 9 heteroatoms. The zero-order valence-electron chi connectivity index (χ0n) is 16.6. The third-order valence-electron chi connectivity index (χ3n) is 6.12.